The van der Waals surface area contributed by atoms with Gasteiger partial charge in [-0.2, -0.15) is 5.10 Å². The number of aryl methyl sites for hydroxylation is 1. The molecular weight excluding hydrogens is 198 g/mol. The molecular formula is C9H11N3O3. The standard InChI is InChI=1S/C9H11N3O3/c1-5(9(14)15)12-4-6-3-11(2)10-7(6)8(12)13/h3,5H,4H2,1-2H3,(H,14,15)/t5-/m0/s1. The summed E-state index contributed by atoms with van der Waals surface area (Å²) in [6, 6.07) is -0.808. The van der Waals surface area contributed by atoms with E-state index in [1.165, 1.54) is 11.8 Å². The Hall–Kier alpha value is -1.85. The number of hydrogen-bond donors (Lipinski definition) is 1. The van der Waals surface area contributed by atoms with Crippen LogP contribution in [-0.2, 0) is 18.4 Å². The number of aromatic nitrogens is 2. The second-order valence-corrected chi connectivity index (χ2v) is 3.62. The maximum atomic E-state index is 11.7. The summed E-state index contributed by atoms with van der Waals surface area (Å²) in [5.74, 6) is -1.31. The lowest BCUT2D eigenvalue weighted by Crippen LogP contribution is -2.39. The topological polar surface area (TPSA) is 75.4 Å². The van der Waals surface area contributed by atoms with Crippen molar-refractivity contribution in [2.24, 2.45) is 7.05 Å². The molecule has 2 heterocycles. The molecule has 1 aromatic heterocycles. The Bertz CT molecular complexity index is 438. The Balaban J connectivity index is 2.28. The lowest BCUT2D eigenvalue weighted by molar-refractivity contribution is -0.141. The molecule has 1 N–H and O–H groups in total. The van der Waals surface area contributed by atoms with Crippen LogP contribution in [0.5, 0.6) is 0 Å². The number of rotatable bonds is 2. The van der Waals surface area contributed by atoms with Crippen LogP contribution in [0.1, 0.15) is 23.0 Å². The van der Waals surface area contributed by atoms with Gasteiger partial charge >= 0.3 is 5.97 Å². The van der Waals surface area contributed by atoms with Crippen LogP contribution in [0.4, 0.5) is 0 Å². The normalized spacial score (nSPS) is 16.7. The molecule has 2 rings (SSSR count). The van der Waals surface area contributed by atoms with Crippen LogP contribution in [0, 0.1) is 0 Å². The first-order valence-electron chi connectivity index (χ1n) is 4.57. The van der Waals surface area contributed by atoms with Crippen molar-refractivity contribution in [1.29, 1.82) is 0 Å². The van der Waals surface area contributed by atoms with Gasteiger partial charge in [0.2, 0.25) is 0 Å². The van der Waals surface area contributed by atoms with Crippen molar-refractivity contribution < 1.29 is 14.7 Å². The van der Waals surface area contributed by atoms with Crippen molar-refractivity contribution in [2.75, 3.05) is 0 Å². The van der Waals surface area contributed by atoms with Crippen molar-refractivity contribution in [2.45, 2.75) is 19.5 Å². The van der Waals surface area contributed by atoms with Gasteiger partial charge in [0.25, 0.3) is 5.91 Å². The largest absolute Gasteiger partial charge is 0.480 e. The number of carbonyl (C=O) groups is 2. The Kier molecular flexibility index (Phi) is 1.99. The summed E-state index contributed by atoms with van der Waals surface area (Å²) >= 11 is 0. The highest BCUT2D eigenvalue weighted by Crippen LogP contribution is 2.22. The van der Waals surface area contributed by atoms with E-state index in [1.807, 2.05) is 0 Å². The SMILES string of the molecule is C[C@@H](C(=O)O)N1Cc2cn(C)nc2C1=O. The van der Waals surface area contributed by atoms with Gasteiger partial charge in [-0.15, -0.1) is 0 Å². The molecule has 0 bridgehead atoms. The average Bonchev–Trinajstić information content (AvgIpc) is 2.64. The molecule has 0 aromatic carbocycles. The maximum Gasteiger partial charge on any atom is 0.326 e. The van der Waals surface area contributed by atoms with Crippen molar-refractivity contribution >= 4 is 11.9 Å². The number of fused-ring (bicyclic) bond motifs is 1. The molecule has 1 aliphatic rings. The zero-order chi connectivity index (χ0) is 11.2. The first-order chi connectivity index (χ1) is 7.00. The van der Waals surface area contributed by atoms with Crippen LogP contribution in [0.15, 0.2) is 6.20 Å². The van der Waals surface area contributed by atoms with E-state index in [-0.39, 0.29) is 5.91 Å². The van der Waals surface area contributed by atoms with Crippen LogP contribution in [0.2, 0.25) is 0 Å². The second-order valence-electron chi connectivity index (χ2n) is 3.62. The fourth-order valence-corrected chi connectivity index (χ4v) is 1.67. The van der Waals surface area contributed by atoms with E-state index in [0.29, 0.717) is 12.2 Å². The number of amides is 1. The molecule has 80 valence electrons. The highest BCUT2D eigenvalue weighted by Gasteiger charge is 2.36. The number of nitrogens with zero attached hydrogens (tertiary/aromatic N) is 3. The molecule has 0 spiro atoms. The molecule has 6 heteroatoms. The van der Waals surface area contributed by atoms with Crippen LogP contribution in [0.3, 0.4) is 0 Å². The molecule has 0 unspecified atom stereocenters. The fraction of sp³-hybridized carbons (Fsp3) is 0.444. The predicted molar refractivity (Wildman–Crippen MR) is 50.2 cm³/mol. The molecule has 0 fully saturated rings. The number of carbonyl (C=O) groups excluding carboxylic acids is 1. The van der Waals surface area contributed by atoms with E-state index in [9.17, 15) is 9.59 Å². The third-order valence-electron chi connectivity index (χ3n) is 2.53. The third kappa shape index (κ3) is 1.38. The first-order valence-corrected chi connectivity index (χ1v) is 4.57. The van der Waals surface area contributed by atoms with Gasteiger partial charge in [-0.3, -0.25) is 9.48 Å². The van der Waals surface area contributed by atoms with E-state index in [4.69, 9.17) is 5.11 Å². The number of hydrogen-bond acceptors (Lipinski definition) is 3. The average molecular weight is 209 g/mol. The minimum atomic E-state index is -1.00. The van der Waals surface area contributed by atoms with Crippen LogP contribution in [-0.4, -0.2) is 37.7 Å². The third-order valence-corrected chi connectivity index (χ3v) is 2.53. The summed E-state index contributed by atoms with van der Waals surface area (Å²) in [5.41, 5.74) is 1.15. The van der Waals surface area contributed by atoms with Crippen molar-refractivity contribution in [3.63, 3.8) is 0 Å². The smallest absolute Gasteiger partial charge is 0.326 e. The van der Waals surface area contributed by atoms with Crippen LogP contribution >= 0.6 is 0 Å². The molecule has 1 aromatic rings. The summed E-state index contributed by atoms with van der Waals surface area (Å²) in [5, 5.41) is 12.8. The van der Waals surface area contributed by atoms with E-state index < -0.39 is 12.0 Å². The van der Waals surface area contributed by atoms with Crippen molar-refractivity contribution in [3.8, 4) is 0 Å². The van der Waals surface area contributed by atoms with E-state index >= 15 is 0 Å². The lowest BCUT2D eigenvalue weighted by atomic mass is 10.3. The Labute approximate surface area is 86.1 Å². The monoisotopic (exact) mass is 209 g/mol. The van der Waals surface area contributed by atoms with Crippen molar-refractivity contribution in [1.82, 2.24) is 14.7 Å². The summed E-state index contributed by atoms with van der Waals surface area (Å²) in [6.07, 6.45) is 1.74. The number of carboxylic acid groups (broad SMARTS) is 1. The predicted octanol–water partition coefficient (Wildman–Crippen LogP) is -0.151. The Morgan fingerprint density at radius 1 is 1.67 bits per heavy atom. The zero-order valence-electron chi connectivity index (χ0n) is 8.47. The molecule has 0 radical (unpaired) electrons. The Morgan fingerprint density at radius 3 is 2.87 bits per heavy atom. The van der Waals surface area contributed by atoms with Gasteiger partial charge in [-0.05, 0) is 6.92 Å². The molecule has 1 aliphatic heterocycles. The minimum Gasteiger partial charge on any atom is -0.480 e. The molecule has 15 heavy (non-hydrogen) atoms. The molecule has 0 aliphatic carbocycles. The second kappa shape index (κ2) is 3.08. The molecule has 0 saturated heterocycles. The van der Waals surface area contributed by atoms with E-state index in [2.05, 4.69) is 5.10 Å². The quantitative estimate of drug-likeness (QED) is 0.734. The minimum absolute atomic E-state index is 0.305. The summed E-state index contributed by atoms with van der Waals surface area (Å²) in [7, 11) is 1.73. The fourth-order valence-electron chi connectivity index (χ4n) is 1.67. The summed E-state index contributed by atoms with van der Waals surface area (Å²) in [6.45, 7) is 1.82. The molecule has 6 nitrogen and oxygen atoms in total. The Morgan fingerprint density at radius 2 is 2.33 bits per heavy atom. The van der Waals surface area contributed by atoms with Gasteiger partial charge in [0, 0.05) is 18.8 Å². The number of carboxylic acids is 1. The van der Waals surface area contributed by atoms with Gasteiger partial charge in [0.1, 0.15) is 6.04 Å². The van der Waals surface area contributed by atoms with E-state index in [1.54, 1.807) is 17.9 Å². The van der Waals surface area contributed by atoms with Crippen LogP contribution in [0.25, 0.3) is 0 Å². The first kappa shape index (κ1) is 9.70. The van der Waals surface area contributed by atoms with Gasteiger partial charge in [0.05, 0.1) is 6.54 Å². The van der Waals surface area contributed by atoms with Gasteiger partial charge < -0.3 is 10.0 Å². The highest BCUT2D eigenvalue weighted by molar-refractivity contribution is 5.98. The van der Waals surface area contributed by atoms with Gasteiger partial charge in [-0.25, -0.2) is 4.79 Å². The van der Waals surface area contributed by atoms with Gasteiger partial charge in [-0.1, -0.05) is 0 Å². The number of aliphatic carboxylic acids is 1. The molecule has 0 saturated carbocycles. The van der Waals surface area contributed by atoms with Crippen LogP contribution < -0.4 is 0 Å². The highest BCUT2D eigenvalue weighted by atomic mass is 16.4. The van der Waals surface area contributed by atoms with Crippen molar-refractivity contribution in [3.05, 3.63) is 17.5 Å². The van der Waals surface area contributed by atoms with E-state index in [0.717, 1.165) is 5.56 Å². The molecule has 1 atom stereocenters. The zero-order valence-corrected chi connectivity index (χ0v) is 8.47. The summed E-state index contributed by atoms with van der Waals surface area (Å²) < 4.78 is 1.56. The maximum absolute atomic E-state index is 11.7. The van der Waals surface area contributed by atoms with Gasteiger partial charge in [0.15, 0.2) is 5.69 Å². The lowest BCUT2D eigenvalue weighted by Gasteiger charge is -2.20. The molecule has 1 amide bonds. The summed E-state index contributed by atoms with van der Waals surface area (Å²) in [4.78, 5) is 23.8.